The summed E-state index contributed by atoms with van der Waals surface area (Å²) < 4.78 is 33.4. The van der Waals surface area contributed by atoms with Crippen molar-refractivity contribution in [2.75, 3.05) is 0 Å². The van der Waals surface area contributed by atoms with Crippen molar-refractivity contribution in [3.63, 3.8) is 0 Å². The van der Waals surface area contributed by atoms with Crippen LogP contribution in [-0.2, 0) is 0 Å². The standard InChI is InChI=1S/C4H6F3N/c5-4(6,7)2-1-3-8/h3,8H,1-2H2. The van der Waals surface area contributed by atoms with Gasteiger partial charge in [-0.05, 0) is 12.6 Å². The third-order valence-electron chi connectivity index (χ3n) is 0.572. The van der Waals surface area contributed by atoms with Gasteiger partial charge in [-0.15, -0.1) is 0 Å². The van der Waals surface area contributed by atoms with E-state index in [0.29, 0.717) is 0 Å². The highest BCUT2D eigenvalue weighted by Crippen LogP contribution is 2.19. The lowest BCUT2D eigenvalue weighted by Gasteiger charge is -2.00. The van der Waals surface area contributed by atoms with Crippen molar-refractivity contribution >= 4 is 6.21 Å². The first-order chi connectivity index (χ1) is 3.56. The van der Waals surface area contributed by atoms with E-state index in [-0.39, 0.29) is 6.42 Å². The summed E-state index contributed by atoms with van der Waals surface area (Å²) in [6.07, 6.45) is -4.43. The molecule has 1 N–H and O–H groups in total. The summed E-state index contributed by atoms with van der Waals surface area (Å²) in [4.78, 5) is 0. The van der Waals surface area contributed by atoms with Gasteiger partial charge in [-0.2, -0.15) is 13.2 Å². The maximum absolute atomic E-state index is 11.1. The zero-order valence-electron chi connectivity index (χ0n) is 4.13. The number of alkyl halides is 3. The van der Waals surface area contributed by atoms with Crippen LogP contribution in [0.2, 0.25) is 0 Å². The van der Waals surface area contributed by atoms with Gasteiger partial charge in [0.15, 0.2) is 0 Å². The lowest BCUT2D eigenvalue weighted by molar-refractivity contribution is -0.132. The molecule has 0 heterocycles. The van der Waals surface area contributed by atoms with Crippen LogP contribution in [0.15, 0.2) is 0 Å². The molecule has 8 heavy (non-hydrogen) atoms. The first kappa shape index (κ1) is 7.46. The minimum absolute atomic E-state index is 0.205. The van der Waals surface area contributed by atoms with Gasteiger partial charge in [0.2, 0.25) is 0 Å². The Morgan fingerprint density at radius 3 is 2.00 bits per heavy atom. The van der Waals surface area contributed by atoms with Gasteiger partial charge >= 0.3 is 6.18 Å². The van der Waals surface area contributed by atoms with Gasteiger partial charge in [0, 0.05) is 6.42 Å². The molecule has 0 unspecified atom stereocenters. The van der Waals surface area contributed by atoms with Gasteiger partial charge in [0.05, 0.1) is 0 Å². The molecule has 0 aromatic heterocycles. The second-order valence-electron chi connectivity index (χ2n) is 1.36. The molecule has 48 valence electrons. The number of hydrogen-bond donors (Lipinski definition) is 1. The molecule has 4 heteroatoms. The summed E-state index contributed by atoms with van der Waals surface area (Å²) in [5.41, 5.74) is 0. The van der Waals surface area contributed by atoms with Gasteiger partial charge in [0.1, 0.15) is 0 Å². The lowest BCUT2D eigenvalue weighted by Crippen LogP contribution is -2.06. The van der Waals surface area contributed by atoms with Gasteiger partial charge in [-0.1, -0.05) is 0 Å². The molecule has 0 spiro atoms. The Labute approximate surface area is 45.0 Å². The van der Waals surface area contributed by atoms with Crippen molar-refractivity contribution in [3.8, 4) is 0 Å². The van der Waals surface area contributed by atoms with Crippen LogP contribution in [-0.4, -0.2) is 12.4 Å². The molecular formula is C4H6F3N. The van der Waals surface area contributed by atoms with E-state index in [0.717, 1.165) is 6.21 Å². The fraction of sp³-hybridized carbons (Fsp3) is 0.750. The normalized spacial score (nSPS) is 11.4. The van der Waals surface area contributed by atoms with Gasteiger partial charge in [0.25, 0.3) is 0 Å². The maximum atomic E-state index is 11.1. The predicted octanol–water partition coefficient (Wildman–Crippen LogP) is 1.98. The average Bonchev–Trinajstić information content (AvgIpc) is 1.59. The third kappa shape index (κ3) is 5.46. The monoisotopic (exact) mass is 125 g/mol. The molecule has 0 amide bonds. The van der Waals surface area contributed by atoms with Crippen LogP contribution in [0.1, 0.15) is 12.8 Å². The fourth-order valence-electron chi connectivity index (χ4n) is 0.236. The van der Waals surface area contributed by atoms with E-state index in [1.165, 1.54) is 0 Å². The second-order valence-corrected chi connectivity index (χ2v) is 1.36. The largest absolute Gasteiger partial charge is 0.389 e. The van der Waals surface area contributed by atoms with E-state index in [4.69, 9.17) is 5.41 Å². The second kappa shape index (κ2) is 2.69. The van der Waals surface area contributed by atoms with Gasteiger partial charge in [-0.25, -0.2) is 0 Å². The zero-order chi connectivity index (χ0) is 6.62. The topological polar surface area (TPSA) is 23.9 Å². The number of halogens is 3. The fourth-order valence-corrected chi connectivity index (χ4v) is 0.236. The molecule has 0 aliphatic heterocycles. The van der Waals surface area contributed by atoms with E-state index in [2.05, 4.69) is 0 Å². The summed E-state index contributed by atoms with van der Waals surface area (Å²) in [7, 11) is 0. The molecule has 0 aromatic carbocycles. The Morgan fingerprint density at radius 1 is 1.38 bits per heavy atom. The van der Waals surface area contributed by atoms with Crippen molar-refractivity contribution in [1.29, 1.82) is 5.41 Å². The Balaban J connectivity index is 3.24. The first-order valence-corrected chi connectivity index (χ1v) is 2.12. The lowest BCUT2D eigenvalue weighted by atomic mass is 10.3. The van der Waals surface area contributed by atoms with E-state index in [1.807, 2.05) is 0 Å². The Hall–Kier alpha value is -0.540. The molecule has 0 fully saturated rings. The smallest absolute Gasteiger partial charge is 0.313 e. The van der Waals surface area contributed by atoms with Crippen molar-refractivity contribution in [2.45, 2.75) is 19.0 Å². The zero-order valence-corrected chi connectivity index (χ0v) is 4.13. The molecule has 0 radical (unpaired) electrons. The molecule has 1 nitrogen and oxygen atoms in total. The van der Waals surface area contributed by atoms with Crippen molar-refractivity contribution in [2.24, 2.45) is 0 Å². The Bertz CT molecular complexity index is 75.8. The summed E-state index contributed by atoms with van der Waals surface area (Å²) in [6, 6.07) is 0. The molecule has 0 aromatic rings. The first-order valence-electron chi connectivity index (χ1n) is 2.12. The number of nitrogens with one attached hydrogen (secondary N) is 1. The predicted molar refractivity (Wildman–Crippen MR) is 24.1 cm³/mol. The highest BCUT2D eigenvalue weighted by atomic mass is 19.4. The maximum Gasteiger partial charge on any atom is 0.389 e. The van der Waals surface area contributed by atoms with E-state index < -0.39 is 12.6 Å². The van der Waals surface area contributed by atoms with Gasteiger partial charge < -0.3 is 5.41 Å². The summed E-state index contributed by atoms with van der Waals surface area (Å²) >= 11 is 0. The number of rotatable bonds is 2. The van der Waals surface area contributed by atoms with Crippen LogP contribution in [0.25, 0.3) is 0 Å². The van der Waals surface area contributed by atoms with Crippen LogP contribution < -0.4 is 0 Å². The van der Waals surface area contributed by atoms with Crippen LogP contribution in [0.4, 0.5) is 13.2 Å². The van der Waals surface area contributed by atoms with E-state index in [1.54, 1.807) is 0 Å². The molecule has 0 aliphatic rings. The highest BCUT2D eigenvalue weighted by molar-refractivity contribution is 5.52. The average molecular weight is 125 g/mol. The number of hydrogen-bond acceptors (Lipinski definition) is 1. The molecule has 0 rings (SSSR count). The van der Waals surface area contributed by atoms with Crippen molar-refractivity contribution in [3.05, 3.63) is 0 Å². The quantitative estimate of drug-likeness (QED) is 0.545. The van der Waals surface area contributed by atoms with Crippen molar-refractivity contribution < 1.29 is 13.2 Å². The minimum Gasteiger partial charge on any atom is -0.313 e. The highest BCUT2D eigenvalue weighted by Gasteiger charge is 2.25. The Morgan fingerprint density at radius 2 is 1.88 bits per heavy atom. The summed E-state index contributed by atoms with van der Waals surface area (Å²) in [6.45, 7) is 0. The molecule has 0 aliphatic carbocycles. The third-order valence-corrected chi connectivity index (χ3v) is 0.572. The summed E-state index contributed by atoms with van der Waals surface area (Å²) in [5.74, 6) is 0. The molecule has 0 saturated heterocycles. The Kier molecular flexibility index (Phi) is 2.51. The molecule has 0 saturated carbocycles. The van der Waals surface area contributed by atoms with E-state index in [9.17, 15) is 13.2 Å². The van der Waals surface area contributed by atoms with Crippen LogP contribution in [0.5, 0.6) is 0 Å². The summed E-state index contributed by atoms with van der Waals surface area (Å²) in [5, 5.41) is 6.26. The molecule has 0 bridgehead atoms. The minimum atomic E-state index is -4.10. The van der Waals surface area contributed by atoms with Crippen molar-refractivity contribution in [1.82, 2.24) is 0 Å². The van der Waals surface area contributed by atoms with Crippen LogP contribution in [0, 0.1) is 5.41 Å². The molecule has 0 atom stereocenters. The van der Waals surface area contributed by atoms with Crippen LogP contribution in [0.3, 0.4) is 0 Å². The molecular weight excluding hydrogens is 119 g/mol. The van der Waals surface area contributed by atoms with Gasteiger partial charge in [-0.3, -0.25) is 0 Å². The van der Waals surface area contributed by atoms with E-state index >= 15 is 0 Å². The SMILES string of the molecule is N=CCCC(F)(F)F. The van der Waals surface area contributed by atoms with Crippen LogP contribution >= 0.6 is 0 Å².